The van der Waals surface area contributed by atoms with Crippen LogP contribution in [0.15, 0.2) is 64.3 Å². The van der Waals surface area contributed by atoms with Gasteiger partial charge in [-0.05, 0) is 36.8 Å². The Balaban J connectivity index is 1.17. The van der Waals surface area contributed by atoms with Crippen molar-refractivity contribution in [3.8, 4) is 17.0 Å². The zero-order valence-electron chi connectivity index (χ0n) is 27.0. The number of halogens is 2. The topological polar surface area (TPSA) is 159 Å². The van der Waals surface area contributed by atoms with Gasteiger partial charge < -0.3 is 38.1 Å². The molecule has 7 heterocycles. The maximum absolute atomic E-state index is 14.1. The number of nitrogens with zero attached hydrogens (tertiary/aromatic N) is 6. The molecule has 0 amide bonds. The van der Waals surface area contributed by atoms with E-state index in [-0.39, 0.29) is 41.8 Å². The number of morpholine rings is 1. The first-order chi connectivity index (χ1) is 24.1. The number of ether oxygens (including phenoxy) is 3. The number of para-hydroxylation sites is 1. The molecule has 0 radical (unpaired) electrons. The summed E-state index contributed by atoms with van der Waals surface area (Å²) in [5.74, 6) is -1.67. The van der Waals surface area contributed by atoms with E-state index in [0.29, 0.717) is 48.0 Å². The summed E-state index contributed by atoms with van der Waals surface area (Å²) in [4.78, 5) is 33.4. The van der Waals surface area contributed by atoms with E-state index in [4.69, 9.17) is 23.6 Å². The van der Waals surface area contributed by atoms with Crippen molar-refractivity contribution in [3.05, 3.63) is 60.7 Å². The number of carbonyl (C=O) groups is 1. The van der Waals surface area contributed by atoms with Crippen LogP contribution in [0.3, 0.4) is 0 Å². The lowest BCUT2D eigenvalue weighted by molar-refractivity contribution is -0.228. The Morgan fingerprint density at radius 1 is 1.14 bits per heavy atom. The van der Waals surface area contributed by atoms with Crippen LogP contribution in [0.2, 0.25) is 0 Å². The third-order valence-corrected chi connectivity index (χ3v) is 10.5. The molecule has 5 aromatic rings. The van der Waals surface area contributed by atoms with Crippen LogP contribution in [0, 0.1) is 0 Å². The van der Waals surface area contributed by atoms with Crippen molar-refractivity contribution >= 4 is 50.7 Å². The number of hydrogen-bond acceptors (Lipinski definition) is 12. The molecule has 4 aromatic heterocycles. The summed E-state index contributed by atoms with van der Waals surface area (Å²) in [6.07, 6.45) is 1.10. The molecule has 0 aliphatic carbocycles. The molecule has 3 aliphatic rings. The summed E-state index contributed by atoms with van der Waals surface area (Å²) in [6.45, 7) is 3.90. The lowest BCUT2D eigenvalue weighted by Crippen LogP contribution is -2.68. The van der Waals surface area contributed by atoms with Crippen molar-refractivity contribution in [1.29, 1.82) is 0 Å². The van der Waals surface area contributed by atoms with Gasteiger partial charge in [0.15, 0.2) is 17.2 Å². The Hall–Kier alpha value is -4.64. The monoisotopic (exact) mass is 706 g/mol. The molecule has 260 valence electrons. The Morgan fingerprint density at radius 3 is 2.70 bits per heavy atom. The number of carboxylic acid groups (broad SMARTS) is 1. The molecule has 1 unspecified atom stereocenters. The quantitative estimate of drug-likeness (QED) is 0.223. The predicted molar refractivity (Wildman–Crippen MR) is 178 cm³/mol. The first kappa shape index (κ1) is 32.6. The molecule has 4 atom stereocenters. The summed E-state index contributed by atoms with van der Waals surface area (Å²) in [7, 11) is 0. The van der Waals surface area contributed by atoms with E-state index in [1.54, 1.807) is 49.0 Å². The maximum atomic E-state index is 14.1. The minimum absolute atomic E-state index is 0.00184. The normalized spacial score (nSPS) is 22.4. The first-order valence-electron chi connectivity index (χ1n) is 16.0. The number of benzene rings is 1. The van der Waals surface area contributed by atoms with Gasteiger partial charge in [0.1, 0.15) is 40.8 Å². The number of aromatic nitrogens is 4. The highest BCUT2D eigenvalue weighted by molar-refractivity contribution is 7.90. The van der Waals surface area contributed by atoms with Crippen LogP contribution in [0.4, 0.5) is 20.3 Å². The second-order valence-corrected chi connectivity index (χ2v) is 14.0. The van der Waals surface area contributed by atoms with Gasteiger partial charge in [-0.1, -0.05) is 12.1 Å². The van der Waals surface area contributed by atoms with Crippen LogP contribution in [-0.2, 0) is 25.4 Å². The molecule has 8 rings (SSSR count). The summed E-state index contributed by atoms with van der Waals surface area (Å²) in [5, 5.41) is 11.3. The van der Waals surface area contributed by atoms with E-state index < -0.39 is 47.1 Å². The number of hydrogen-bond donors (Lipinski definition) is 1. The van der Waals surface area contributed by atoms with Crippen molar-refractivity contribution in [1.82, 2.24) is 19.9 Å². The molecule has 0 bridgehead atoms. The number of anilines is 2. The number of aliphatic carboxylic acids is 1. The number of fused-ring (bicyclic) bond motifs is 3. The van der Waals surface area contributed by atoms with Crippen LogP contribution in [0.25, 0.3) is 33.2 Å². The Kier molecular flexibility index (Phi) is 8.20. The molecule has 3 fully saturated rings. The van der Waals surface area contributed by atoms with E-state index >= 15 is 0 Å². The summed E-state index contributed by atoms with van der Waals surface area (Å²) in [5.41, 5.74) is 2.37. The molecular weight excluding hydrogens is 674 g/mol. The average Bonchev–Trinajstić information content (AvgIpc) is 3.69. The van der Waals surface area contributed by atoms with Gasteiger partial charge in [0.25, 0.3) is 6.43 Å². The van der Waals surface area contributed by atoms with E-state index in [0.717, 1.165) is 11.1 Å². The van der Waals surface area contributed by atoms with Crippen LogP contribution in [-0.4, -0.2) is 98.5 Å². The van der Waals surface area contributed by atoms with Crippen molar-refractivity contribution < 1.29 is 41.9 Å². The third kappa shape index (κ3) is 5.55. The van der Waals surface area contributed by atoms with Crippen LogP contribution in [0.5, 0.6) is 5.88 Å². The molecule has 16 heteroatoms. The van der Waals surface area contributed by atoms with Crippen LogP contribution < -0.4 is 14.5 Å². The van der Waals surface area contributed by atoms with Gasteiger partial charge >= 0.3 is 5.97 Å². The summed E-state index contributed by atoms with van der Waals surface area (Å²) < 4.78 is 64.6. The second kappa shape index (κ2) is 12.6. The molecule has 3 aliphatic heterocycles. The van der Waals surface area contributed by atoms with Gasteiger partial charge in [-0.2, -0.15) is 0 Å². The second-order valence-electron chi connectivity index (χ2n) is 12.6. The molecule has 3 saturated heterocycles. The highest BCUT2D eigenvalue weighted by Crippen LogP contribution is 2.42. The average molecular weight is 707 g/mol. The minimum atomic E-state index is -3.00. The fourth-order valence-corrected chi connectivity index (χ4v) is 7.44. The van der Waals surface area contributed by atoms with E-state index in [1.807, 2.05) is 12.1 Å². The zero-order valence-corrected chi connectivity index (χ0v) is 27.8. The Bertz CT molecular complexity index is 2100. The Morgan fingerprint density at radius 2 is 1.96 bits per heavy atom. The number of alkyl halides is 2. The molecule has 0 saturated carbocycles. The minimum Gasteiger partial charge on any atom is -0.610 e. The lowest BCUT2D eigenvalue weighted by Gasteiger charge is -2.53. The molecule has 13 nitrogen and oxygen atoms in total. The number of carboxylic acids is 1. The van der Waals surface area contributed by atoms with Crippen LogP contribution in [0.1, 0.15) is 25.6 Å². The summed E-state index contributed by atoms with van der Waals surface area (Å²) >= 11 is -1.29. The predicted octanol–water partition coefficient (Wildman–Crippen LogP) is 4.61. The highest BCUT2D eigenvalue weighted by atomic mass is 32.2. The number of furan rings is 1. The number of rotatable bonds is 8. The van der Waals surface area contributed by atoms with Crippen LogP contribution >= 0.6 is 0 Å². The molecule has 1 N–H and O–H groups in total. The van der Waals surface area contributed by atoms with Crippen molar-refractivity contribution in [2.24, 2.45) is 0 Å². The maximum Gasteiger partial charge on any atom is 0.326 e. The highest BCUT2D eigenvalue weighted by Gasteiger charge is 2.50. The van der Waals surface area contributed by atoms with E-state index in [2.05, 4.69) is 26.8 Å². The van der Waals surface area contributed by atoms with Gasteiger partial charge in [0, 0.05) is 53.6 Å². The van der Waals surface area contributed by atoms with Gasteiger partial charge in [0.2, 0.25) is 10.9 Å². The SMILES string of the molecule is C[C@@H]1N(c2cc(-c3ccnc([S+](C)[O-])c3)cnc2O[C@H]2C[C@@H](C(=O)O)N(c3nc(C(F)F)nc4c3oc3ccccc34)C2)CCOC12COC2. The van der Waals surface area contributed by atoms with Gasteiger partial charge in [-0.3, -0.25) is 0 Å². The smallest absolute Gasteiger partial charge is 0.326 e. The van der Waals surface area contributed by atoms with Gasteiger partial charge in [0.05, 0.1) is 32.4 Å². The fourth-order valence-electron chi connectivity index (χ4n) is 6.94. The molecular formula is C34H32F2N6O7S. The standard InChI is InChI=1S/C34H32F2N6O7S/c1-18-34(16-46-17-34)47-10-9-41(18)23-11-20(19-7-8-37-26(12-19)50(2)45)14-38-32(23)48-21-13-24(33(43)44)42(15-21)31-28-27(39-30(40-31)29(35)36)22-5-3-4-6-25(22)49-28/h3-8,11-12,14,18,21,24,29H,9-10,13,15-17H2,1-2H3,(H,43,44)/t18-,21-,24-,50?/m0/s1. The van der Waals surface area contributed by atoms with Crippen molar-refractivity contribution in [2.75, 3.05) is 49.0 Å². The van der Waals surface area contributed by atoms with E-state index in [1.165, 1.54) is 4.90 Å². The lowest BCUT2D eigenvalue weighted by atomic mass is 9.90. The molecule has 1 spiro atoms. The Labute approximate surface area is 287 Å². The largest absolute Gasteiger partial charge is 0.610 e. The summed E-state index contributed by atoms with van der Waals surface area (Å²) in [6, 6.07) is 11.1. The van der Waals surface area contributed by atoms with Crippen molar-refractivity contribution in [3.63, 3.8) is 0 Å². The fraction of sp³-hybridized carbons (Fsp3) is 0.382. The van der Waals surface area contributed by atoms with Gasteiger partial charge in [-0.25, -0.2) is 33.5 Å². The first-order valence-corrected chi connectivity index (χ1v) is 17.6. The number of pyridine rings is 2. The van der Waals surface area contributed by atoms with Crippen molar-refractivity contribution in [2.45, 2.75) is 48.6 Å². The zero-order chi connectivity index (χ0) is 34.7. The third-order valence-electron chi connectivity index (χ3n) is 9.66. The van der Waals surface area contributed by atoms with Gasteiger partial charge in [-0.15, -0.1) is 0 Å². The molecule has 1 aromatic carbocycles. The van der Waals surface area contributed by atoms with E-state index in [9.17, 15) is 23.2 Å². The molecule has 50 heavy (non-hydrogen) atoms.